The van der Waals surface area contributed by atoms with Gasteiger partial charge in [-0.3, -0.25) is 0 Å². The number of hydrogen-bond acceptors (Lipinski definition) is 3. The minimum absolute atomic E-state index is 0.0290. The fourth-order valence-electron chi connectivity index (χ4n) is 7.69. The van der Waals surface area contributed by atoms with E-state index in [2.05, 4.69) is 117 Å². The largest absolute Gasteiger partial charge is 0.309 e. The van der Waals surface area contributed by atoms with E-state index in [-0.39, 0.29) is 10.8 Å². The van der Waals surface area contributed by atoms with Crippen LogP contribution in [0.15, 0.2) is 146 Å². The second-order valence-electron chi connectivity index (χ2n) is 14.2. The monoisotopic (exact) mass is 632 g/mol. The number of fused-ring (bicyclic) bond motifs is 6. The third kappa shape index (κ3) is 4.48. The van der Waals surface area contributed by atoms with Crippen molar-refractivity contribution in [1.29, 1.82) is 0 Å². The lowest BCUT2D eigenvalue weighted by molar-refractivity contribution is 0.299. The number of nitrogens with zero attached hydrogens (tertiary/aromatic N) is 4. The Hall–Kier alpha value is -5.87. The first-order valence-corrected chi connectivity index (χ1v) is 17.0. The number of rotatable bonds is 4. The average molecular weight is 633 g/mol. The van der Waals surface area contributed by atoms with Crippen molar-refractivity contribution in [2.24, 2.45) is 0 Å². The smallest absolute Gasteiger partial charge is 0.164 e. The lowest BCUT2D eigenvalue weighted by atomic mass is 9.55. The van der Waals surface area contributed by atoms with Crippen LogP contribution in [0.4, 0.5) is 0 Å². The highest BCUT2D eigenvalue weighted by Gasteiger charge is 2.46. The van der Waals surface area contributed by atoms with E-state index < -0.39 is 0 Å². The molecule has 0 radical (unpaired) electrons. The standard InChI is InChI=1S/C45H36N4/c1-44(2)37-24-13-11-22-33(37)35-28-40-36(27-38(35)45(44,3)4)34-23-12-14-25-39(34)49(40)32-21-15-20-31(26-32)43-47-41(29-16-7-5-8-17-29)46-42(48-43)30-18-9-6-10-19-30/h5-28H,1-4H3. The Morgan fingerprint density at radius 1 is 0.408 bits per heavy atom. The zero-order valence-corrected chi connectivity index (χ0v) is 28.1. The highest BCUT2D eigenvalue weighted by Crippen LogP contribution is 2.55. The highest BCUT2D eigenvalue weighted by atomic mass is 15.0. The second-order valence-corrected chi connectivity index (χ2v) is 14.2. The number of hydrogen-bond donors (Lipinski definition) is 0. The molecule has 2 heterocycles. The van der Waals surface area contributed by atoms with Crippen LogP contribution in [-0.4, -0.2) is 19.5 Å². The quantitative estimate of drug-likeness (QED) is 0.194. The van der Waals surface area contributed by atoms with Gasteiger partial charge < -0.3 is 4.57 Å². The van der Waals surface area contributed by atoms with Gasteiger partial charge in [-0.15, -0.1) is 0 Å². The SMILES string of the molecule is CC1(C)c2ccccc2-c2cc3c(cc2C1(C)C)c1ccccc1n3-c1cccc(-c2nc(-c3ccccc3)nc(-c3ccccc3)n2)c1. The van der Waals surface area contributed by atoms with Crippen molar-refractivity contribution in [2.45, 2.75) is 38.5 Å². The van der Waals surface area contributed by atoms with Crippen LogP contribution in [0.5, 0.6) is 0 Å². The molecule has 0 saturated carbocycles. The molecule has 4 heteroatoms. The van der Waals surface area contributed by atoms with E-state index in [0.29, 0.717) is 17.5 Å². The number of benzene rings is 6. The van der Waals surface area contributed by atoms with Crippen molar-refractivity contribution in [2.75, 3.05) is 0 Å². The van der Waals surface area contributed by atoms with Gasteiger partial charge in [0.1, 0.15) is 0 Å². The Bertz CT molecular complexity index is 2480. The van der Waals surface area contributed by atoms with Crippen LogP contribution in [0, 0.1) is 0 Å². The topological polar surface area (TPSA) is 43.6 Å². The molecule has 9 rings (SSSR count). The molecule has 2 aromatic heterocycles. The average Bonchev–Trinajstić information content (AvgIpc) is 3.48. The lowest BCUT2D eigenvalue weighted by Crippen LogP contribution is -2.43. The minimum Gasteiger partial charge on any atom is -0.309 e. The summed E-state index contributed by atoms with van der Waals surface area (Å²) in [6.45, 7) is 9.58. The first-order chi connectivity index (χ1) is 23.8. The lowest BCUT2D eigenvalue weighted by Gasteiger charge is -2.48. The molecule has 0 fully saturated rings. The predicted octanol–water partition coefficient (Wildman–Crippen LogP) is 11.2. The Kier molecular flexibility index (Phi) is 6.47. The molecule has 0 spiro atoms. The van der Waals surface area contributed by atoms with Gasteiger partial charge in [0.25, 0.3) is 0 Å². The Labute approximate surface area is 286 Å². The van der Waals surface area contributed by atoms with E-state index in [4.69, 9.17) is 15.0 Å². The molecule has 0 atom stereocenters. The number of aromatic nitrogens is 4. The van der Waals surface area contributed by atoms with Gasteiger partial charge in [0.15, 0.2) is 17.5 Å². The summed E-state index contributed by atoms with van der Waals surface area (Å²) in [5.74, 6) is 1.95. The predicted molar refractivity (Wildman–Crippen MR) is 202 cm³/mol. The van der Waals surface area contributed by atoms with Gasteiger partial charge in [0, 0.05) is 33.2 Å². The van der Waals surface area contributed by atoms with Gasteiger partial charge >= 0.3 is 0 Å². The van der Waals surface area contributed by atoms with Crippen molar-refractivity contribution >= 4 is 21.8 Å². The van der Waals surface area contributed by atoms with Gasteiger partial charge in [-0.25, -0.2) is 15.0 Å². The molecule has 8 aromatic rings. The molecule has 0 N–H and O–H groups in total. The maximum atomic E-state index is 5.03. The first kappa shape index (κ1) is 29.3. The van der Waals surface area contributed by atoms with Crippen molar-refractivity contribution < 1.29 is 0 Å². The van der Waals surface area contributed by atoms with Crippen molar-refractivity contribution in [1.82, 2.24) is 19.5 Å². The van der Waals surface area contributed by atoms with Crippen LogP contribution in [0.1, 0.15) is 38.8 Å². The molecule has 0 saturated heterocycles. The molecule has 1 aliphatic carbocycles. The zero-order chi connectivity index (χ0) is 33.3. The van der Waals surface area contributed by atoms with E-state index >= 15 is 0 Å². The highest BCUT2D eigenvalue weighted by molar-refractivity contribution is 6.11. The van der Waals surface area contributed by atoms with Crippen molar-refractivity contribution in [3.8, 4) is 51.0 Å². The molecule has 236 valence electrons. The van der Waals surface area contributed by atoms with Crippen LogP contribution < -0.4 is 0 Å². The molecule has 0 amide bonds. The summed E-state index contributed by atoms with van der Waals surface area (Å²) in [5.41, 5.74) is 11.6. The van der Waals surface area contributed by atoms with Gasteiger partial charge in [-0.2, -0.15) is 0 Å². The summed E-state index contributed by atoms with van der Waals surface area (Å²) >= 11 is 0. The molecule has 1 aliphatic rings. The maximum Gasteiger partial charge on any atom is 0.164 e. The van der Waals surface area contributed by atoms with E-state index in [0.717, 1.165) is 22.4 Å². The summed E-state index contributed by atoms with van der Waals surface area (Å²) < 4.78 is 2.40. The fraction of sp³-hybridized carbons (Fsp3) is 0.133. The van der Waals surface area contributed by atoms with Crippen LogP contribution >= 0.6 is 0 Å². The van der Waals surface area contributed by atoms with Gasteiger partial charge in [-0.1, -0.05) is 143 Å². The summed E-state index contributed by atoms with van der Waals surface area (Å²) in [6.07, 6.45) is 0. The minimum atomic E-state index is -0.0698. The molecular weight excluding hydrogens is 597 g/mol. The van der Waals surface area contributed by atoms with Crippen LogP contribution in [-0.2, 0) is 10.8 Å². The summed E-state index contributed by atoms with van der Waals surface area (Å²) in [4.78, 5) is 15.0. The van der Waals surface area contributed by atoms with Crippen molar-refractivity contribution in [3.63, 3.8) is 0 Å². The Morgan fingerprint density at radius 3 is 1.65 bits per heavy atom. The van der Waals surface area contributed by atoms with E-state index in [1.165, 1.54) is 44.1 Å². The van der Waals surface area contributed by atoms with Crippen molar-refractivity contribution in [3.05, 3.63) is 157 Å². The molecule has 0 bridgehead atoms. The van der Waals surface area contributed by atoms with Gasteiger partial charge in [0.05, 0.1) is 11.0 Å². The molecule has 49 heavy (non-hydrogen) atoms. The summed E-state index contributed by atoms with van der Waals surface area (Å²) in [7, 11) is 0. The zero-order valence-electron chi connectivity index (χ0n) is 28.1. The van der Waals surface area contributed by atoms with Crippen LogP contribution in [0.2, 0.25) is 0 Å². The Morgan fingerprint density at radius 2 is 0.959 bits per heavy atom. The third-order valence-electron chi connectivity index (χ3n) is 11.0. The molecule has 6 aromatic carbocycles. The Balaban J connectivity index is 1.28. The van der Waals surface area contributed by atoms with Gasteiger partial charge in [0.2, 0.25) is 0 Å². The molecule has 4 nitrogen and oxygen atoms in total. The van der Waals surface area contributed by atoms with Crippen LogP contribution in [0.3, 0.4) is 0 Å². The van der Waals surface area contributed by atoms with Gasteiger partial charge in [-0.05, 0) is 63.4 Å². The normalized spacial score (nSPS) is 14.4. The summed E-state index contributed by atoms with van der Waals surface area (Å²) in [6, 6.07) is 51.5. The maximum absolute atomic E-state index is 5.03. The van der Waals surface area contributed by atoms with E-state index in [9.17, 15) is 0 Å². The molecule has 0 aliphatic heterocycles. The number of para-hydroxylation sites is 1. The second kappa shape index (κ2) is 10.8. The van der Waals surface area contributed by atoms with E-state index in [1.807, 2.05) is 60.7 Å². The fourth-order valence-corrected chi connectivity index (χ4v) is 7.69. The molecular formula is C45H36N4. The third-order valence-corrected chi connectivity index (χ3v) is 11.0. The first-order valence-electron chi connectivity index (χ1n) is 17.0. The summed E-state index contributed by atoms with van der Waals surface area (Å²) in [5, 5.41) is 2.51. The van der Waals surface area contributed by atoms with E-state index in [1.54, 1.807) is 0 Å². The van der Waals surface area contributed by atoms with Crippen LogP contribution in [0.25, 0.3) is 72.8 Å². The molecule has 0 unspecified atom stereocenters.